The zero-order valence-corrected chi connectivity index (χ0v) is 32.4. The summed E-state index contributed by atoms with van der Waals surface area (Å²) in [7, 11) is 0. The largest absolute Gasteiger partial charge is 0.308 e. The molecule has 7 heteroatoms. The van der Waals surface area contributed by atoms with Gasteiger partial charge >= 0.3 is 0 Å². The predicted molar refractivity (Wildman–Crippen MR) is 243 cm³/mol. The maximum absolute atomic E-state index is 5.14. The van der Waals surface area contributed by atoms with Crippen molar-refractivity contribution in [2.75, 3.05) is 0 Å². The van der Waals surface area contributed by atoms with Gasteiger partial charge in [-0.15, -0.1) is 11.3 Å². The average Bonchev–Trinajstić information content (AvgIpc) is 3.99. The molecule has 4 aromatic heterocycles. The van der Waals surface area contributed by atoms with Crippen LogP contribution in [-0.4, -0.2) is 29.1 Å². The number of fused-ring (bicyclic) bond motifs is 8. The van der Waals surface area contributed by atoms with Crippen molar-refractivity contribution in [3.8, 4) is 56.9 Å². The second-order valence-electron chi connectivity index (χ2n) is 14.7. The molecule has 59 heavy (non-hydrogen) atoms. The van der Waals surface area contributed by atoms with Gasteiger partial charge in [-0.05, 0) is 60.7 Å². The Morgan fingerprint density at radius 1 is 0.356 bits per heavy atom. The molecule has 0 amide bonds. The Balaban J connectivity index is 1.08. The lowest BCUT2D eigenvalue weighted by molar-refractivity contribution is 1.07. The third-order valence-corrected chi connectivity index (χ3v) is 12.4. The van der Waals surface area contributed by atoms with E-state index in [0.717, 1.165) is 56.0 Å². The second-order valence-corrected chi connectivity index (χ2v) is 15.7. The molecule has 6 nitrogen and oxygen atoms in total. The van der Waals surface area contributed by atoms with Gasteiger partial charge in [0.25, 0.3) is 0 Å². The molecule has 0 unspecified atom stereocenters. The Bertz CT molecular complexity index is 3480. The van der Waals surface area contributed by atoms with Crippen LogP contribution in [0.25, 0.3) is 110 Å². The summed E-state index contributed by atoms with van der Waals surface area (Å²) >= 11 is 1.83. The Labute approximate surface area is 343 Å². The Morgan fingerprint density at radius 2 is 0.949 bits per heavy atom. The highest BCUT2D eigenvalue weighted by Gasteiger charge is 2.21. The summed E-state index contributed by atoms with van der Waals surface area (Å²) in [5, 5.41) is 4.76. The minimum atomic E-state index is 0.646. The zero-order chi connectivity index (χ0) is 38.9. The fourth-order valence-corrected chi connectivity index (χ4v) is 9.67. The van der Waals surface area contributed by atoms with Crippen molar-refractivity contribution in [2.24, 2.45) is 0 Å². The van der Waals surface area contributed by atoms with E-state index in [0.29, 0.717) is 17.5 Å². The quantitative estimate of drug-likeness (QED) is 0.169. The van der Waals surface area contributed by atoms with Crippen molar-refractivity contribution >= 4 is 64.3 Å². The van der Waals surface area contributed by atoms with Crippen molar-refractivity contribution in [1.82, 2.24) is 29.1 Å². The van der Waals surface area contributed by atoms with Gasteiger partial charge in [0.1, 0.15) is 5.82 Å². The van der Waals surface area contributed by atoms with E-state index in [-0.39, 0.29) is 0 Å². The molecule has 8 aromatic carbocycles. The molecular formula is C52H32N6S. The fourth-order valence-electron chi connectivity index (χ4n) is 8.45. The van der Waals surface area contributed by atoms with Gasteiger partial charge in [0, 0.05) is 59.9 Å². The number of rotatable bonds is 6. The van der Waals surface area contributed by atoms with E-state index in [2.05, 4.69) is 137 Å². The normalized spacial score (nSPS) is 11.7. The lowest BCUT2D eigenvalue weighted by atomic mass is 10.1. The van der Waals surface area contributed by atoms with Crippen LogP contribution in [0.3, 0.4) is 0 Å². The van der Waals surface area contributed by atoms with Gasteiger partial charge in [-0.25, -0.2) is 19.9 Å². The third kappa shape index (κ3) is 5.47. The van der Waals surface area contributed by atoms with Crippen molar-refractivity contribution in [3.05, 3.63) is 194 Å². The number of hydrogen-bond acceptors (Lipinski definition) is 5. The number of benzene rings is 8. The van der Waals surface area contributed by atoms with E-state index in [1.54, 1.807) is 0 Å². The van der Waals surface area contributed by atoms with Crippen molar-refractivity contribution in [2.45, 2.75) is 0 Å². The molecule has 0 saturated carbocycles. The molecule has 0 N–H and O–H groups in total. The van der Waals surface area contributed by atoms with Crippen LogP contribution < -0.4 is 0 Å². The second kappa shape index (κ2) is 13.4. The van der Waals surface area contributed by atoms with Crippen LogP contribution in [0, 0.1) is 0 Å². The molecule has 0 fully saturated rings. The van der Waals surface area contributed by atoms with Crippen molar-refractivity contribution < 1.29 is 0 Å². The summed E-state index contributed by atoms with van der Waals surface area (Å²) in [6.45, 7) is 0. The minimum Gasteiger partial charge on any atom is -0.308 e. The van der Waals surface area contributed by atoms with Gasteiger partial charge in [0.15, 0.2) is 17.5 Å². The van der Waals surface area contributed by atoms with Gasteiger partial charge < -0.3 is 4.57 Å². The van der Waals surface area contributed by atoms with Crippen LogP contribution in [0.15, 0.2) is 194 Å². The SMILES string of the molecule is c1ccc(-c2nc(-c3ccccc3)nc(-c3ccc4sc5c(ccc6c7cc(-n8c(-c9ccccc9)nc9ccccc98)ccc7n(-c7ccccc7)c65)c4c3)n2)cc1. The van der Waals surface area contributed by atoms with Crippen LogP contribution in [0.1, 0.15) is 0 Å². The summed E-state index contributed by atoms with van der Waals surface area (Å²) in [6, 6.07) is 67.9. The number of para-hydroxylation sites is 3. The minimum absolute atomic E-state index is 0.646. The molecular weight excluding hydrogens is 741 g/mol. The van der Waals surface area contributed by atoms with Crippen LogP contribution in [0.4, 0.5) is 0 Å². The van der Waals surface area contributed by atoms with E-state index in [9.17, 15) is 0 Å². The van der Waals surface area contributed by atoms with Crippen LogP contribution in [0.5, 0.6) is 0 Å². The summed E-state index contributed by atoms with van der Waals surface area (Å²) < 4.78 is 7.17. The van der Waals surface area contributed by atoms with E-state index in [4.69, 9.17) is 19.9 Å². The molecule has 276 valence electrons. The first-order valence-electron chi connectivity index (χ1n) is 19.6. The molecule has 0 radical (unpaired) electrons. The predicted octanol–water partition coefficient (Wildman–Crippen LogP) is 13.3. The van der Waals surface area contributed by atoms with Crippen molar-refractivity contribution in [1.29, 1.82) is 0 Å². The molecule has 12 aromatic rings. The number of nitrogens with zero attached hydrogens (tertiary/aromatic N) is 6. The van der Waals surface area contributed by atoms with Crippen molar-refractivity contribution in [3.63, 3.8) is 0 Å². The van der Waals surface area contributed by atoms with Gasteiger partial charge in [-0.1, -0.05) is 133 Å². The van der Waals surface area contributed by atoms with Gasteiger partial charge in [-0.2, -0.15) is 0 Å². The van der Waals surface area contributed by atoms with Gasteiger partial charge in [-0.3, -0.25) is 4.57 Å². The summed E-state index contributed by atoms with van der Waals surface area (Å²) in [5.74, 6) is 2.87. The van der Waals surface area contributed by atoms with E-state index in [1.165, 1.54) is 36.5 Å². The fraction of sp³-hybridized carbons (Fsp3) is 0. The maximum atomic E-state index is 5.14. The number of imidazole rings is 1. The lowest BCUT2D eigenvalue weighted by Crippen LogP contribution is -2.00. The molecule has 0 spiro atoms. The molecule has 0 bridgehead atoms. The first kappa shape index (κ1) is 33.4. The summed E-state index contributed by atoms with van der Waals surface area (Å²) in [6.07, 6.45) is 0. The molecule has 0 atom stereocenters. The molecule has 12 rings (SSSR count). The highest BCUT2D eigenvalue weighted by atomic mass is 32.1. The molecule has 0 aliphatic heterocycles. The standard InChI is InChI=1S/C52H32N6S/c1-5-15-33(16-6-1)49-54-50(34-17-7-2-8-18-34)56-51(55-49)36-25-30-46-42(31-36)40-28-27-39-41-32-38(26-29-44(41)57(47(39)48(40)59-46)37-21-11-4-12-22-37)58-45-24-14-13-23-43(45)53-52(58)35-19-9-3-10-20-35/h1-32H. The first-order valence-corrected chi connectivity index (χ1v) is 20.5. The van der Waals surface area contributed by atoms with Crippen LogP contribution in [0.2, 0.25) is 0 Å². The highest BCUT2D eigenvalue weighted by Crippen LogP contribution is 2.44. The van der Waals surface area contributed by atoms with E-state index in [1.807, 2.05) is 78.1 Å². The molecule has 0 aliphatic carbocycles. The molecule has 4 heterocycles. The van der Waals surface area contributed by atoms with Gasteiger partial charge in [0.05, 0.1) is 26.8 Å². The maximum Gasteiger partial charge on any atom is 0.164 e. The summed E-state index contributed by atoms with van der Waals surface area (Å²) in [4.78, 5) is 20.2. The van der Waals surface area contributed by atoms with E-state index < -0.39 is 0 Å². The van der Waals surface area contributed by atoms with Crippen LogP contribution >= 0.6 is 11.3 Å². The number of hydrogen-bond donors (Lipinski definition) is 0. The highest BCUT2D eigenvalue weighted by molar-refractivity contribution is 7.26. The van der Waals surface area contributed by atoms with Gasteiger partial charge in [0.2, 0.25) is 0 Å². The topological polar surface area (TPSA) is 61.4 Å². The number of thiophene rings is 1. The summed E-state index contributed by atoms with van der Waals surface area (Å²) in [5.41, 5.74) is 10.5. The Hall–Kier alpha value is -7.74. The lowest BCUT2D eigenvalue weighted by Gasteiger charge is -2.11. The molecule has 0 aliphatic rings. The number of aromatic nitrogens is 6. The first-order chi connectivity index (χ1) is 29.2. The average molecular weight is 773 g/mol. The monoisotopic (exact) mass is 772 g/mol. The Morgan fingerprint density at radius 3 is 1.64 bits per heavy atom. The third-order valence-electron chi connectivity index (χ3n) is 11.2. The smallest absolute Gasteiger partial charge is 0.164 e. The molecule has 0 saturated heterocycles. The zero-order valence-electron chi connectivity index (χ0n) is 31.6. The van der Waals surface area contributed by atoms with E-state index >= 15 is 0 Å². The Kier molecular flexibility index (Phi) is 7.61. The van der Waals surface area contributed by atoms with Crippen LogP contribution in [-0.2, 0) is 0 Å².